The standard InChI is InChI=1S/C14H19N3O2.ClH/c1-10-4-6-12(7-5-10)18-9-14-16-13(17-19-14)8-11(2)15-3;/h4-7,11,15H,8-9H2,1-3H3;1H. The van der Waals surface area contributed by atoms with Crippen molar-refractivity contribution in [1.29, 1.82) is 0 Å². The smallest absolute Gasteiger partial charge is 0.264 e. The lowest BCUT2D eigenvalue weighted by Gasteiger charge is -2.04. The van der Waals surface area contributed by atoms with Crippen LogP contribution in [0.2, 0.25) is 0 Å². The number of hydrogen-bond acceptors (Lipinski definition) is 5. The van der Waals surface area contributed by atoms with Crippen LogP contribution < -0.4 is 10.1 Å². The van der Waals surface area contributed by atoms with Gasteiger partial charge in [-0.05, 0) is 33.0 Å². The van der Waals surface area contributed by atoms with Crippen molar-refractivity contribution in [1.82, 2.24) is 15.5 Å². The van der Waals surface area contributed by atoms with Crippen molar-refractivity contribution in [2.75, 3.05) is 7.05 Å². The van der Waals surface area contributed by atoms with Crippen LogP contribution in [-0.4, -0.2) is 23.2 Å². The third kappa shape index (κ3) is 4.83. The summed E-state index contributed by atoms with van der Waals surface area (Å²) in [6, 6.07) is 8.18. The van der Waals surface area contributed by atoms with Gasteiger partial charge in [0.2, 0.25) is 0 Å². The second kappa shape index (κ2) is 7.87. The van der Waals surface area contributed by atoms with E-state index in [0.717, 1.165) is 12.2 Å². The fraction of sp³-hybridized carbons (Fsp3) is 0.429. The Morgan fingerprint density at radius 3 is 2.65 bits per heavy atom. The molecule has 1 N–H and O–H groups in total. The van der Waals surface area contributed by atoms with E-state index in [1.807, 2.05) is 38.2 Å². The summed E-state index contributed by atoms with van der Waals surface area (Å²) in [5.74, 6) is 2.00. The third-order valence-corrected chi connectivity index (χ3v) is 2.88. The van der Waals surface area contributed by atoms with Gasteiger partial charge in [0.15, 0.2) is 12.4 Å². The lowest BCUT2D eigenvalue weighted by Crippen LogP contribution is -2.24. The van der Waals surface area contributed by atoms with Gasteiger partial charge in [-0.25, -0.2) is 0 Å². The molecule has 0 aliphatic carbocycles. The van der Waals surface area contributed by atoms with Gasteiger partial charge in [-0.2, -0.15) is 4.98 Å². The first kappa shape index (κ1) is 16.5. The molecule has 0 fully saturated rings. The van der Waals surface area contributed by atoms with Crippen LogP contribution in [0.3, 0.4) is 0 Å². The lowest BCUT2D eigenvalue weighted by molar-refractivity contribution is 0.242. The van der Waals surface area contributed by atoms with Gasteiger partial charge in [0, 0.05) is 12.5 Å². The number of ether oxygens (including phenoxy) is 1. The maximum atomic E-state index is 5.58. The van der Waals surface area contributed by atoms with Gasteiger partial charge in [-0.15, -0.1) is 12.4 Å². The van der Waals surface area contributed by atoms with E-state index >= 15 is 0 Å². The topological polar surface area (TPSA) is 60.2 Å². The molecule has 1 heterocycles. The molecule has 1 aromatic heterocycles. The molecule has 2 aromatic rings. The highest BCUT2D eigenvalue weighted by molar-refractivity contribution is 5.85. The number of nitrogens with zero attached hydrogens (tertiary/aromatic N) is 2. The predicted octanol–water partition coefficient (Wildman–Crippen LogP) is 2.53. The number of hydrogen-bond donors (Lipinski definition) is 1. The molecule has 0 bridgehead atoms. The van der Waals surface area contributed by atoms with E-state index in [2.05, 4.69) is 22.4 Å². The lowest BCUT2D eigenvalue weighted by atomic mass is 10.2. The van der Waals surface area contributed by atoms with Gasteiger partial charge < -0.3 is 14.6 Å². The average Bonchev–Trinajstić information content (AvgIpc) is 2.85. The summed E-state index contributed by atoms with van der Waals surface area (Å²) in [7, 11) is 1.91. The minimum absolute atomic E-state index is 0. The molecule has 0 radical (unpaired) electrons. The Bertz CT molecular complexity index is 513. The molecule has 1 aromatic carbocycles. The molecule has 0 aliphatic heterocycles. The molecular formula is C14H20ClN3O2. The van der Waals surface area contributed by atoms with Crippen LogP contribution in [0.25, 0.3) is 0 Å². The van der Waals surface area contributed by atoms with Crippen LogP contribution in [0.15, 0.2) is 28.8 Å². The highest BCUT2D eigenvalue weighted by atomic mass is 35.5. The van der Waals surface area contributed by atoms with Crippen LogP contribution in [0, 0.1) is 6.92 Å². The van der Waals surface area contributed by atoms with E-state index in [1.54, 1.807) is 0 Å². The minimum atomic E-state index is 0. The molecule has 5 nitrogen and oxygen atoms in total. The first-order valence-corrected chi connectivity index (χ1v) is 6.35. The zero-order chi connectivity index (χ0) is 13.7. The molecule has 1 atom stereocenters. The number of rotatable bonds is 6. The maximum absolute atomic E-state index is 5.58. The van der Waals surface area contributed by atoms with Gasteiger partial charge in [0.05, 0.1) is 0 Å². The Balaban J connectivity index is 0.00000200. The van der Waals surface area contributed by atoms with E-state index in [-0.39, 0.29) is 12.4 Å². The normalized spacial score (nSPS) is 11.8. The maximum Gasteiger partial charge on any atom is 0.264 e. The van der Waals surface area contributed by atoms with Crippen molar-refractivity contribution in [3.8, 4) is 5.75 Å². The fourth-order valence-electron chi connectivity index (χ4n) is 1.59. The van der Waals surface area contributed by atoms with Gasteiger partial charge in [-0.3, -0.25) is 0 Å². The predicted molar refractivity (Wildman–Crippen MR) is 79.3 cm³/mol. The zero-order valence-corrected chi connectivity index (χ0v) is 12.7. The van der Waals surface area contributed by atoms with E-state index in [0.29, 0.717) is 24.4 Å². The SMILES string of the molecule is CNC(C)Cc1noc(COc2ccc(C)cc2)n1.Cl. The quantitative estimate of drug-likeness (QED) is 0.888. The van der Waals surface area contributed by atoms with Crippen molar-refractivity contribution >= 4 is 12.4 Å². The summed E-state index contributed by atoms with van der Waals surface area (Å²) in [5.41, 5.74) is 1.20. The summed E-state index contributed by atoms with van der Waals surface area (Å²) in [4.78, 5) is 4.29. The highest BCUT2D eigenvalue weighted by Gasteiger charge is 2.09. The van der Waals surface area contributed by atoms with Crippen LogP contribution in [0.5, 0.6) is 5.75 Å². The van der Waals surface area contributed by atoms with Gasteiger partial charge in [0.1, 0.15) is 5.75 Å². The summed E-state index contributed by atoms with van der Waals surface area (Å²) in [6.45, 7) is 4.40. The Hall–Kier alpha value is -1.59. The first-order valence-electron chi connectivity index (χ1n) is 6.35. The molecule has 0 aliphatic rings. The number of aromatic nitrogens is 2. The molecule has 110 valence electrons. The zero-order valence-electron chi connectivity index (χ0n) is 11.9. The van der Waals surface area contributed by atoms with Crippen LogP contribution in [0.1, 0.15) is 24.2 Å². The minimum Gasteiger partial charge on any atom is -0.484 e. The molecule has 1 unspecified atom stereocenters. The third-order valence-electron chi connectivity index (χ3n) is 2.88. The van der Waals surface area contributed by atoms with Crippen LogP contribution in [0.4, 0.5) is 0 Å². The van der Waals surface area contributed by atoms with Crippen molar-refractivity contribution in [2.24, 2.45) is 0 Å². The van der Waals surface area contributed by atoms with Crippen molar-refractivity contribution < 1.29 is 9.26 Å². The van der Waals surface area contributed by atoms with E-state index in [9.17, 15) is 0 Å². The Morgan fingerprint density at radius 2 is 2.00 bits per heavy atom. The van der Waals surface area contributed by atoms with Crippen molar-refractivity contribution in [3.63, 3.8) is 0 Å². The van der Waals surface area contributed by atoms with E-state index in [1.165, 1.54) is 5.56 Å². The summed E-state index contributed by atoms with van der Waals surface area (Å²) >= 11 is 0. The van der Waals surface area contributed by atoms with E-state index in [4.69, 9.17) is 9.26 Å². The second-order valence-electron chi connectivity index (χ2n) is 4.60. The fourth-order valence-corrected chi connectivity index (χ4v) is 1.59. The molecule has 6 heteroatoms. The monoisotopic (exact) mass is 297 g/mol. The number of benzene rings is 1. The van der Waals surface area contributed by atoms with Crippen LogP contribution >= 0.6 is 12.4 Å². The number of nitrogens with one attached hydrogen (secondary N) is 1. The Kier molecular flexibility index (Phi) is 6.48. The molecule has 0 saturated carbocycles. The molecular weight excluding hydrogens is 278 g/mol. The van der Waals surface area contributed by atoms with Crippen LogP contribution in [-0.2, 0) is 13.0 Å². The Labute approximate surface area is 125 Å². The first-order chi connectivity index (χ1) is 9.17. The van der Waals surface area contributed by atoms with Gasteiger partial charge in [0.25, 0.3) is 5.89 Å². The summed E-state index contributed by atoms with van der Waals surface area (Å²) in [5, 5.41) is 7.06. The number of halogens is 1. The Morgan fingerprint density at radius 1 is 1.30 bits per heavy atom. The second-order valence-corrected chi connectivity index (χ2v) is 4.60. The molecule has 20 heavy (non-hydrogen) atoms. The largest absolute Gasteiger partial charge is 0.484 e. The van der Waals surface area contributed by atoms with Gasteiger partial charge >= 0.3 is 0 Å². The molecule has 0 amide bonds. The van der Waals surface area contributed by atoms with E-state index < -0.39 is 0 Å². The molecule has 2 rings (SSSR count). The van der Waals surface area contributed by atoms with Crippen molar-refractivity contribution in [3.05, 3.63) is 41.5 Å². The summed E-state index contributed by atoms with van der Waals surface area (Å²) in [6.07, 6.45) is 0.741. The molecule has 0 spiro atoms. The van der Waals surface area contributed by atoms with Gasteiger partial charge in [-0.1, -0.05) is 22.9 Å². The van der Waals surface area contributed by atoms with Crippen molar-refractivity contribution in [2.45, 2.75) is 32.9 Å². The molecule has 0 saturated heterocycles. The summed E-state index contributed by atoms with van der Waals surface area (Å²) < 4.78 is 10.7. The average molecular weight is 298 g/mol. The number of aryl methyl sites for hydroxylation is 1. The number of likely N-dealkylation sites (N-methyl/N-ethyl adjacent to an activating group) is 1. The highest BCUT2D eigenvalue weighted by Crippen LogP contribution is 2.13.